The summed E-state index contributed by atoms with van der Waals surface area (Å²) in [5.41, 5.74) is -0.217. The fourth-order valence-electron chi connectivity index (χ4n) is 1.04. The number of nitrogens with zero attached hydrogens (tertiary/aromatic N) is 1. The van der Waals surface area contributed by atoms with Crippen LogP contribution in [0.2, 0.25) is 5.02 Å². The Morgan fingerprint density at radius 3 is 2.59 bits per heavy atom. The van der Waals surface area contributed by atoms with Gasteiger partial charge in [-0.05, 0) is 12.1 Å². The molecule has 94 valence electrons. The van der Waals surface area contributed by atoms with E-state index in [4.69, 9.17) is 22.3 Å². The van der Waals surface area contributed by atoms with Gasteiger partial charge < -0.3 is 0 Å². The monoisotopic (exact) mass is 315 g/mol. The predicted octanol–water partition coefficient (Wildman–Crippen LogP) is 2.91. The summed E-state index contributed by atoms with van der Waals surface area (Å²) < 4.78 is 21.4. The minimum Gasteiger partial charge on any atom is -0.258 e. The lowest BCUT2D eigenvalue weighted by molar-refractivity contribution is -0.387. The second-order valence-corrected chi connectivity index (χ2v) is 7.38. The van der Waals surface area contributed by atoms with Crippen LogP contribution in [0.1, 0.15) is 0 Å². The first-order chi connectivity index (χ1) is 7.81. The van der Waals surface area contributed by atoms with E-state index in [0.717, 1.165) is 11.8 Å². The van der Waals surface area contributed by atoms with Crippen LogP contribution in [0.3, 0.4) is 0 Å². The molecule has 0 aliphatic carbocycles. The molecule has 0 radical (unpaired) electrons. The molecule has 0 unspecified atom stereocenters. The summed E-state index contributed by atoms with van der Waals surface area (Å²) in [6.45, 7) is 0. The fourth-order valence-corrected chi connectivity index (χ4v) is 3.75. The molecule has 0 heterocycles. The van der Waals surface area contributed by atoms with Crippen molar-refractivity contribution in [2.24, 2.45) is 0 Å². The van der Waals surface area contributed by atoms with Crippen LogP contribution in [-0.4, -0.2) is 24.8 Å². The fraction of sp³-hybridized carbons (Fsp3) is 0.250. The first-order valence-electron chi connectivity index (χ1n) is 4.29. The zero-order chi connectivity index (χ0) is 13.1. The number of thioether (sulfide) groups is 1. The van der Waals surface area contributed by atoms with Crippen LogP contribution in [0.25, 0.3) is 0 Å². The third-order valence-electron chi connectivity index (χ3n) is 1.72. The Kier molecular flexibility index (Phi) is 5.05. The van der Waals surface area contributed by atoms with Crippen LogP contribution in [0, 0.1) is 10.1 Å². The molecule has 1 aromatic rings. The van der Waals surface area contributed by atoms with Crippen molar-refractivity contribution in [3.63, 3.8) is 0 Å². The van der Waals surface area contributed by atoms with Gasteiger partial charge in [0, 0.05) is 16.4 Å². The normalized spacial score (nSPS) is 11.4. The lowest BCUT2D eigenvalue weighted by atomic mass is 10.3. The summed E-state index contributed by atoms with van der Waals surface area (Å²) in [5.74, 6) is -0.129. The highest BCUT2D eigenvalue weighted by atomic mass is 35.7. The van der Waals surface area contributed by atoms with Crippen LogP contribution in [0.4, 0.5) is 5.69 Å². The van der Waals surface area contributed by atoms with Crippen molar-refractivity contribution in [2.75, 3.05) is 11.5 Å². The van der Waals surface area contributed by atoms with Crippen LogP contribution in [-0.2, 0) is 9.05 Å². The number of rotatable bonds is 5. The molecule has 0 aliphatic heterocycles. The Balaban J connectivity index is 2.85. The average molecular weight is 316 g/mol. The Bertz CT molecular complexity index is 532. The lowest BCUT2D eigenvalue weighted by Gasteiger charge is -2.03. The molecule has 0 aromatic heterocycles. The molecule has 0 bridgehead atoms. The molecular weight excluding hydrogens is 309 g/mol. The van der Waals surface area contributed by atoms with Gasteiger partial charge in [0.15, 0.2) is 0 Å². The van der Waals surface area contributed by atoms with Gasteiger partial charge >= 0.3 is 5.69 Å². The third-order valence-corrected chi connectivity index (χ3v) is 4.48. The maximum Gasteiger partial charge on any atom is 0.301 e. The standard InChI is InChI=1S/C8H7Cl2NO4S2/c9-6-2-1-3-7(8(6)11(12)13)16-4-5-17(10,14)15/h1-3H,4-5H2. The summed E-state index contributed by atoms with van der Waals surface area (Å²) >= 11 is 6.72. The van der Waals surface area contributed by atoms with E-state index in [-0.39, 0.29) is 22.2 Å². The third kappa shape index (κ3) is 4.71. The topological polar surface area (TPSA) is 77.3 Å². The SMILES string of the molecule is O=[N+]([O-])c1c(Cl)cccc1SCCS(=O)(=O)Cl. The van der Waals surface area contributed by atoms with E-state index in [1.54, 1.807) is 6.07 Å². The Labute approximate surface area is 112 Å². The highest BCUT2D eigenvalue weighted by Gasteiger charge is 2.19. The molecule has 0 amide bonds. The van der Waals surface area contributed by atoms with Crippen molar-refractivity contribution in [1.82, 2.24) is 0 Å². The molecule has 17 heavy (non-hydrogen) atoms. The van der Waals surface area contributed by atoms with E-state index >= 15 is 0 Å². The summed E-state index contributed by atoms with van der Waals surface area (Å²) in [4.78, 5) is 10.5. The summed E-state index contributed by atoms with van der Waals surface area (Å²) in [6, 6.07) is 4.48. The quantitative estimate of drug-likeness (QED) is 0.361. The van der Waals surface area contributed by atoms with Crippen molar-refractivity contribution in [1.29, 1.82) is 0 Å². The van der Waals surface area contributed by atoms with Gasteiger partial charge in [-0.2, -0.15) is 0 Å². The highest BCUT2D eigenvalue weighted by molar-refractivity contribution is 8.14. The van der Waals surface area contributed by atoms with E-state index in [9.17, 15) is 18.5 Å². The van der Waals surface area contributed by atoms with Gasteiger partial charge in [-0.25, -0.2) is 8.42 Å². The smallest absolute Gasteiger partial charge is 0.258 e. The van der Waals surface area contributed by atoms with Gasteiger partial charge in [0.05, 0.1) is 15.6 Å². The van der Waals surface area contributed by atoms with E-state index < -0.39 is 14.0 Å². The molecule has 5 nitrogen and oxygen atoms in total. The first kappa shape index (κ1) is 14.6. The minimum atomic E-state index is -3.59. The second-order valence-electron chi connectivity index (χ2n) is 2.94. The number of halogens is 2. The number of hydrogen-bond acceptors (Lipinski definition) is 5. The van der Waals surface area contributed by atoms with Crippen molar-refractivity contribution in [2.45, 2.75) is 4.90 Å². The van der Waals surface area contributed by atoms with Gasteiger partial charge in [0.2, 0.25) is 9.05 Å². The number of para-hydroxylation sites is 1. The van der Waals surface area contributed by atoms with Crippen molar-refractivity contribution in [3.05, 3.63) is 33.3 Å². The molecule has 0 saturated carbocycles. The van der Waals surface area contributed by atoms with E-state index in [1.165, 1.54) is 12.1 Å². The second kappa shape index (κ2) is 5.90. The average Bonchev–Trinajstić information content (AvgIpc) is 2.14. The summed E-state index contributed by atoms with van der Waals surface area (Å²) in [5, 5.41) is 10.8. The number of hydrogen-bond donors (Lipinski definition) is 0. The molecule has 0 fully saturated rings. The lowest BCUT2D eigenvalue weighted by Crippen LogP contribution is -2.00. The van der Waals surface area contributed by atoms with Crippen LogP contribution in [0.15, 0.2) is 23.1 Å². The van der Waals surface area contributed by atoms with E-state index in [1.807, 2.05) is 0 Å². The van der Waals surface area contributed by atoms with Gasteiger partial charge in [-0.1, -0.05) is 17.7 Å². The molecular formula is C8H7Cl2NO4S2. The molecule has 0 aliphatic rings. The predicted molar refractivity (Wildman–Crippen MR) is 68.5 cm³/mol. The van der Waals surface area contributed by atoms with Crippen LogP contribution < -0.4 is 0 Å². The van der Waals surface area contributed by atoms with E-state index in [2.05, 4.69) is 0 Å². The van der Waals surface area contributed by atoms with Gasteiger partial charge in [0.25, 0.3) is 0 Å². The largest absolute Gasteiger partial charge is 0.301 e. The first-order valence-corrected chi connectivity index (χ1v) is 8.13. The summed E-state index contributed by atoms with van der Waals surface area (Å²) in [7, 11) is 1.44. The minimum absolute atomic E-state index is 0.0220. The molecule has 0 spiro atoms. The van der Waals surface area contributed by atoms with E-state index in [0.29, 0.717) is 4.90 Å². The molecule has 0 atom stereocenters. The zero-order valence-electron chi connectivity index (χ0n) is 8.30. The van der Waals surface area contributed by atoms with Crippen molar-refractivity contribution >= 4 is 48.8 Å². The highest BCUT2D eigenvalue weighted by Crippen LogP contribution is 2.35. The maximum atomic E-state index is 10.8. The van der Waals surface area contributed by atoms with Gasteiger partial charge in [0.1, 0.15) is 5.02 Å². The zero-order valence-corrected chi connectivity index (χ0v) is 11.4. The molecule has 1 rings (SSSR count). The Morgan fingerprint density at radius 1 is 1.41 bits per heavy atom. The summed E-state index contributed by atoms with van der Waals surface area (Å²) in [6.07, 6.45) is 0. The Hall–Kier alpha value is -0.500. The number of nitro benzene ring substituents is 1. The van der Waals surface area contributed by atoms with Crippen LogP contribution >= 0.6 is 34.0 Å². The van der Waals surface area contributed by atoms with Gasteiger partial charge in [-0.15, -0.1) is 11.8 Å². The van der Waals surface area contributed by atoms with Crippen molar-refractivity contribution < 1.29 is 13.3 Å². The molecule has 0 saturated heterocycles. The maximum absolute atomic E-state index is 10.8. The number of nitro groups is 1. The number of benzene rings is 1. The van der Waals surface area contributed by atoms with Crippen LogP contribution in [0.5, 0.6) is 0 Å². The molecule has 0 N–H and O–H groups in total. The molecule has 1 aromatic carbocycles. The van der Waals surface area contributed by atoms with Crippen molar-refractivity contribution in [3.8, 4) is 0 Å². The Morgan fingerprint density at radius 2 is 2.06 bits per heavy atom. The van der Waals surface area contributed by atoms with Gasteiger partial charge in [-0.3, -0.25) is 10.1 Å². The molecule has 9 heteroatoms.